The number of nitrogens with zero attached hydrogens (tertiary/aromatic N) is 3. The maximum Gasteiger partial charge on any atom is 0.228 e. The van der Waals surface area contributed by atoms with Crippen molar-refractivity contribution in [2.45, 2.75) is 39.0 Å². The lowest BCUT2D eigenvalue weighted by Gasteiger charge is -2.26. The van der Waals surface area contributed by atoms with Gasteiger partial charge in [0.2, 0.25) is 5.91 Å². The molecule has 1 aromatic heterocycles. The summed E-state index contributed by atoms with van der Waals surface area (Å²) in [5.74, 6) is 0.186. The largest absolute Gasteiger partial charge is 0.341 e. The Bertz CT molecular complexity index is 413. The van der Waals surface area contributed by atoms with Crippen molar-refractivity contribution in [3.8, 4) is 0 Å². The molecule has 4 nitrogen and oxygen atoms in total. The van der Waals surface area contributed by atoms with Gasteiger partial charge in [-0.3, -0.25) is 9.78 Å². The maximum atomic E-state index is 12.4. The van der Waals surface area contributed by atoms with Crippen molar-refractivity contribution in [1.29, 1.82) is 0 Å². The molecule has 1 fully saturated rings. The fourth-order valence-electron chi connectivity index (χ4n) is 2.85. The first-order valence-electron chi connectivity index (χ1n) is 8.19. The number of hydrogen-bond acceptors (Lipinski definition) is 3. The number of rotatable bonds is 6. The predicted molar refractivity (Wildman–Crippen MR) is 85.1 cm³/mol. The molecule has 1 saturated heterocycles. The molecule has 1 aromatic rings. The van der Waals surface area contributed by atoms with Gasteiger partial charge in [0.25, 0.3) is 0 Å². The van der Waals surface area contributed by atoms with Crippen molar-refractivity contribution in [3.63, 3.8) is 0 Å². The minimum absolute atomic E-state index is 0.186. The van der Waals surface area contributed by atoms with Crippen molar-refractivity contribution in [2.24, 2.45) is 0 Å². The second-order valence-electron chi connectivity index (χ2n) is 5.73. The highest BCUT2D eigenvalue weighted by Crippen LogP contribution is 2.09. The molecule has 0 aromatic carbocycles. The van der Waals surface area contributed by atoms with Crippen LogP contribution in [0.25, 0.3) is 0 Å². The molecule has 0 bridgehead atoms. The first-order valence-corrected chi connectivity index (χ1v) is 8.19. The Morgan fingerprint density at radius 2 is 2.00 bits per heavy atom. The van der Waals surface area contributed by atoms with Crippen molar-refractivity contribution in [2.75, 3.05) is 32.7 Å². The third kappa shape index (κ3) is 5.46. The molecular weight excluding hydrogens is 262 g/mol. The molecule has 1 aliphatic rings. The van der Waals surface area contributed by atoms with Crippen LogP contribution in [0.1, 0.15) is 38.3 Å². The summed E-state index contributed by atoms with van der Waals surface area (Å²) in [5.41, 5.74) is 0.857. The zero-order valence-corrected chi connectivity index (χ0v) is 13.1. The topological polar surface area (TPSA) is 36.4 Å². The van der Waals surface area contributed by atoms with Gasteiger partial charge < -0.3 is 9.80 Å². The summed E-state index contributed by atoms with van der Waals surface area (Å²) in [6.07, 6.45) is 7.46. The summed E-state index contributed by atoms with van der Waals surface area (Å²) in [5, 5.41) is 0. The quantitative estimate of drug-likeness (QED) is 0.806. The second-order valence-corrected chi connectivity index (χ2v) is 5.73. The minimum Gasteiger partial charge on any atom is -0.341 e. The molecule has 0 unspecified atom stereocenters. The minimum atomic E-state index is 0.186. The lowest BCUT2D eigenvalue weighted by molar-refractivity contribution is -0.130. The van der Waals surface area contributed by atoms with E-state index in [1.807, 2.05) is 23.1 Å². The molecule has 2 rings (SSSR count). The summed E-state index contributed by atoms with van der Waals surface area (Å²) in [6.45, 7) is 7.04. The Kier molecular flexibility index (Phi) is 6.67. The Morgan fingerprint density at radius 1 is 1.24 bits per heavy atom. The Morgan fingerprint density at radius 3 is 2.62 bits per heavy atom. The third-order valence-corrected chi connectivity index (χ3v) is 4.18. The first-order chi connectivity index (χ1) is 10.3. The van der Waals surface area contributed by atoms with E-state index in [-0.39, 0.29) is 5.91 Å². The van der Waals surface area contributed by atoms with Gasteiger partial charge in [-0.15, -0.1) is 0 Å². The van der Waals surface area contributed by atoms with Gasteiger partial charge in [0.1, 0.15) is 0 Å². The summed E-state index contributed by atoms with van der Waals surface area (Å²) in [6, 6.07) is 5.73. The molecule has 4 heteroatoms. The van der Waals surface area contributed by atoms with E-state index in [0.717, 1.165) is 25.3 Å². The van der Waals surface area contributed by atoms with Gasteiger partial charge in [0.05, 0.1) is 6.42 Å². The highest BCUT2D eigenvalue weighted by Gasteiger charge is 2.15. The molecule has 0 aliphatic carbocycles. The summed E-state index contributed by atoms with van der Waals surface area (Å²) in [4.78, 5) is 21.1. The molecule has 0 radical (unpaired) electrons. The van der Waals surface area contributed by atoms with Gasteiger partial charge in [-0.05, 0) is 45.0 Å². The van der Waals surface area contributed by atoms with Crippen molar-refractivity contribution >= 4 is 5.91 Å². The van der Waals surface area contributed by atoms with E-state index in [1.165, 1.54) is 38.8 Å². The molecule has 1 aliphatic heterocycles. The van der Waals surface area contributed by atoms with E-state index in [9.17, 15) is 4.79 Å². The van der Waals surface area contributed by atoms with E-state index in [2.05, 4.69) is 16.8 Å². The molecule has 116 valence electrons. The van der Waals surface area contributed by atoms with Crippen LogP contribution < -0.4 is 0 Å². The smallest absolute Gasteiger partial charge is 0.228 e. The number of hydrogen-bond donors (Lipinski definition) is 0. The van der Waals surface area contributed by atoms with Crippen molar-refractivity contribution < 1.29 is 4.79 Å². The fraction of sp³-hybridized carbons (Fsp3) is 0.647. The Hall–Kier alpha value is -1.42. The molecule has 0 spiro atoms. The monoisotopic (exact) mass is 289 g/mol. The van der Waals surface area contributed by atoms with Crippen LogP contribution in [-0.4, -0.2) is 53.4 Å². The van der Waals surface area contributed by atoms with Gasteiger partial charge in [-0.25, -0.2) is 0 Å². The standard InChI is InChI=1S/C17H27N3O/c1-2-20(14-13-19-11-7-3-4-8-12-19)17(21)15-16-9-5-6-10-18-16/h5-6,9-10H,2-4,7-8,11-15H2,1H3. The SMILES string of the molecule is CCN(CCN1CCCCCC1)C(=O)Cc1ccccn1. The van der Waals surface area contributed by atoms with E-state index in [4.69, 9.17) is 0 Å². The number of likely N-dealkylation sites (tertiary alicyclic amines) is 1. The maximum absolute atomic E-state index is 12.4. The molecule has 0 saturated carbocycles. The lowest BCUT2D eigenvalue weighted by Crippen LogP contribution is -2.39. The number of aromatic nitrogens is 1. The molecular formula is C17H27N3O. The number of carbonyl (C=O) groups is 1. The van der Waals surface area contributed by atoms with Crippen LogP contribution in [0.3, 0.4) is 0 Å². The average Bonchev–Trinajstić information content (AvgIpc) is 2.77. The van der Waals surface area contributed by atoms with Gasteiger partial charge in [0.15, 0.2) is 0 Å². The third-order valence-electron chi connectivity index (χ3n) is 4.18. The Labute approximate surface area is 128 Å². The molecule has 2 heterocycles. The number of pyridine rings is 1. The fourth-order valence-corrected chi connectivity index (χ4v) is 2.85. The van der Waals surface area contributed by atoms with Gasteiger partial charge in [-0.2, -0.15) is 0 Å². The Balaban J connectivity index is 1.80. The zero-order chi connectivity index (χ0) is 14.9. The average molecular weight is 289 g/mol. The second kappa shape index (κ2) is 8.78. The van der Waals surface area contributed by atoms with Crippen LogP contribution in [0.4, 0.5) is 0 Å². The van der Waals surface area contributed by atoms with Gasteiger partial charge in [0, 0.05) is 31.5 Å². The van der Waals surface area contributed by atoms with Gasteiger partial charge in [-0.1, -0.05) is 18.9 Å². The number of carbonyl (C=O) groups excluding carboxylic acids is 1. The number of amides is 1. The zero-order valence-electron chi connectivity index (χ0n) is 13.1. The summed E-state index contributed by atoms with van der Waals surface area (Å²) >= 11 is 0. The highest BCUT2D eigenvalue weighted by molar-refractivity contribution is 5.78. The van der Waals surface area contributed by atoms with Crippen molar-refractivity contribution in [1.82, 2.24) is 14.8 Å². The van der Waals surface area contributed by atoms with Crippen LogP contribution >= 0.6 is 0 Å². The molecule has 21 heavy (non-hydrogen) atoms. The first kappa shape index (κ1) is 16.0. The predicted octanol–water partition coefficient (Wildman–Crippen LogP) is 2.35. The highest BCUT2D eigenvalue weighted by atomic mass is 16.2. The molecule has 1 amide bonds. The lowest BCUT2D eigenvalue weighted by atomic mass is 10.2. The molecule has 0 N–H and O–H groups in total. The van der Waals surface area contributed by atoms with Crippen LogP contribution in [0.15, 0.2) is 24.4 Å². The van der Waals surface area contributed by atoms with E-state index in [1.54, 1.807) is 6.20 Å². The van der Waals surface area contributed by atoms with Crippen molar-refractivity contribution in [3.05, 3.63) is 30.1 Å². The summed E-state index contributed by atoms with van der Waals surface area (Å²) < 4.78 is 0. The van der Waals surface area contributed by atoms with Crippen LogP contribution in [-0.2, 0) is 11.2 Å². The van der Waals surface area contributed by atoms with Crippen LogP contribution in [0.5, 0.6) is 0 Å². The molecule has 0 atom stereocenters. The van der Waals surface area contributed by atoms with E-state index in [0.29, 0.717) is 6.42 Å². The van der Waals surface area contributed by atoms with Gasteiger partial charge >= 0.3 is 0 Å². The van der Waals surface area contributed by atoms with E-state index >= 15 is 0 Å². The normalized spacial score (nSPS) is 16.4. The number of likely N-dealkylation sites (N-methyl/N-ethyl adjacent to an activating group) is 1. The van der Waals surface area contributed by atoms with E-state index < -0.39 is 0 Å². The van der Waals surface area contributed by atoms with Crippen LogP contribution in [0.2, 0.25) is 0 Å². The van der Waals surface area contributed by atoms with Crippen LogP contribution in [0, 0.1) is 0 Å². The summed E-state index contributed by atoms with van der Waals surface area (Å²) in [7, 11) is 0.